The van der Waals surface area contributed by atoms with Crippen molar-refractivity contribution in [1.29, 1.82) is 5.26 Å². The molecule has 3 amide bonds. The van der Waals surface area contributed by atoms with E-state index in [1.54, 1.807) is 17.0 Å². The molecule has 0 spiro atoms. The Labute approximate surface area is 243 Å². The van der Waals surface area contributed by atoms with Crippen LogP contribution in [0.15, 0.2) is 54.7 Å². The van der Waals surface area contributed by atoms with Gasteiger partial charge >= 0.3 is 0 Å². The minimum absolute atomic E-state index is 0.157. The lowest BCUT2D eigenvalue weighted by molar-refractivity contribution is -0.136. The number of carbonyl (C=O) groups is 3. The van der Waals surface area contributed by atoms with Crippen molar-refractivity contribution < 1.29 is 18.8 Å². The fraction of sp³-hybridized carbons (Fsp3) is 0.344. The first-order chi connectivity index (χ1) is 20.4. The van der Waals surface area contributed by atoms with Crippen molar-refractivity contribution in [3.8, 4) is 6.07 Å². The van der Waals surface area contributed by atoms with Crippen LogP contribution < -0.4 is 10.2 Å². The molecule has 10 heteroatoms. The Morgan fingerprint density at radius 3 is 2.57 bits per heavy atom. The van der Waals surface area contributed by atoms with Gasteiger partial charge in [-0.15, -0.1) is 0 Å². The Morgan fingerprint density at radius 1 is 1.02 bits per heavy atom. The SMILES string of the molecule is N#Cc1ccc(N2CCN(Cc3ccc(CCc4cccc5c4CN(C4CCC(=O)NC4=O)C5=O)cn3)CC2)c(F)c1. The molecule has 3 aliphatic heterocycles. The number of hydrogen-bond acceptors (Lipinski definition) is 7. The fourth-order valence-corrected chi connectivity index (χ4v) is 6.07. The minimum Gasteiger partial charge on any atom is -0.367 e. The molecule has 0 aliphatic carbocycles. The van der Waals surface area contributed by atoms with Gasteiger partial charge in [0.2, 0.25) is 11.8 Å². The van der Waals surface area contributed by atoms with Gasteiger partial charge in [-0.1, -0.05) is 18.2 Å². The number of aromatic nitrogens is 1. The van der Waals surface area contributed by atoms with Crippen LogP contribution in [0, 0.1) is 17.1 Å². The van der Waals surface area contributed by atoms with E-state index in [1.165, 1.54) is 6.07 Å². The molecule has 2 fully saturated rings. The van der Waals surface area contributed by atoms with Crippen molar-refractivity contribution in [2.24, 2.45) is 0 Å². The number of carbonyl (C=O) groups excluding carboxylic acids is 3. The maximum absolute atomic E-state index is 14.4. The van der Waals surface area contributed by atoms with E-state index in [2.05, 4.69) is 21.3 Å². The van der Waals surface area contributed by atoms with Gasteiger partial charge in [-0.2, -0.15) is 5.26 Å². The summed E-state index contributed by atoms with van der Waals surface area (Å²) in [4.78, 5) is 47.6. The van der Waals surface area contributed by atoms with Gasteiger partial charge in [-0.25, -0.2) is 4.39 Å². The maximum Gasteiger partial charge on any atom is 0.255 e. The average Bonchev–Trinajstić information content (AvgIpc) is 3.33. The summed E-state index contributed by atoms with van der Waals surface area (Å²) in [5.41, 5.74) is 5.60. The highest BCUT2D eigenvalue weighted by atomic mass is 19.1. The number of aryl methyl sites for hydroxylation is 2. The molecule has 1 N–H and O–H groups in total. The number of rotatable bonds is 7. The summed E-state index contributed by atoms with van der Waals surface area (Å²) < 4.78 is 14.4. The Balaban J connectivity index is 1.02. The number of halogens is 1. The second kappa shape index (κ2) is 11.7. The van der Waals surface area contributed by atoms with Gasteiger partial charge in [0, 0.05) is 57.4 Å². The second-order valence-corrected chi connectivity index (χ2v) is 11.0. The second-order valence-electron chi connectivity index (χ2n) is 11.0. The molecular weight excluding hydrogens is 535 g/mol. The standard InChI is InChI=1S/C32H31FN6O3/c33-27-16-22(17-34)6-9-28(27)38-14-12-37(13-15-38)19-24-8-5-21(18-35-24)4-7-23-2-1-3-25-26(23)20-39(32(25)42)29-10-11-30(40)36-31(29)41/h1-3,5-6,8-9,16,18,29H,4,7,10-15,19-20H2,(H,36,40,41). The van der Waals surface area contributed by atoms with Crippen molar-refractivity contribution in [1.82, 2.24) is 20.1 Å². The normalized spacial score (nSPS) is 19.0. The topological polar surface area (TPSA) is 110 Å². The summed E-state index contributed by atoms with van der Waals surface area (Å²) in [6.45, 7) is 4.07. The molecule has 3 aromatic rings. The van der Waals surface area contributed by atoms with Crippen molar-refractivity contribution in [3.05, 3.63) is 94.1 Å². The number of hydrogen-bond donors (Lipinski definition) is 1. The van der Waals surface area contributed by atoms with Gasteiger partial charge in [0.15, 0.2) is 0 Å². The van der Waals surface area contributed by atoms with Crippen LogP contribution in [0.1, 0.15) is 51.1 Å². The molecule has 6 rings (SSSR count). The number of pyridine rings is 1. The highest BCUT2D eigenvalue weighted by molar-refractivity contribution is 6.05. The van der Waals surface area contributed by atoms with E-state index in [4.69, 9.17) is 5.26 Å². The van der Waals surface area contributed by atoms with Crippen LogP contribution in [0.5, 0.6) is 0 Å². The molecule has 9 nitrogen and oxygen atoms in total. The molecule has 1 unspecified atom stereocenters. The summed E-state index contributed by atoms with van der Waals surface area (Å²) in [6, 6.07) is 15.8. The highest BCUT2D eigenvalue weighted by Gasteiger charge is 2.39. The lowest BCUT2D eigenvalue weighted by Crippen LogP contribution is -2.52. The molecule has 214 valence electrons. The van der Waals surface area contributed by atoms with Gasteiger partial charge in [0.1, 0.15) is 11.9 Å². The van der Waals surface area contributed by atoms with Crippen molar-refractivity contribution in [2.75, 3.05) is 31.1 Å². The number of imide groups is 1. The zero-order chi connectivity index (χ0) is 29.2. The van der Waals surface area contributed by atoms with Crippen LogP contribution in [0.2, 0.25) is 0 Å². The number of benzene rings is 2. The monoisotopic (exact) mass is 566 g/mol. The van der Waals surface area contributed by atoms with E-state index in [9.17, 15) is 18.8 Å². The smallest absolute Gasteiger partial charge is 0.255 e. The number of amides is 3. The Kier molecular flexibility index (Phi) is 7.68. The van der Waals surface area contributed by atoms with Crippen molar-refractivity contribution in [3.63, 3.8) is 0 Å². The molecule has 3 aliphatic rings. The molecule has 1 atom stereocenters. The summed E-state index contributed by atoms with van der Waals surface area (Å²) in [5, 5.41) is 11.3. The predicted octanol–water partition coefficient (Wildman–Crippen LogP) is 2.96. The Morgan fingerprint density at radius 2 is 1.86 bits per heavy atom. The van der Waals surface area contributed by atoms with Crippen LogP contribution in [0.25, 0.3) is 0 Å². The number of piperazine rings is 1. The van der Waals surface area contributed by atoms with E-state index in [-0.39, 0.29) is 24.1 Å². The first-order valence-electron chi connectivity index (χ1n) is 14.3. The fourth-order valence-electron chi connectivity index (χ4n) is 6.07. The van der Waals surface area contributed by atoms with E-state index < -0.39 is 11.9 Å². The minimum atomic E-state index is -0.618. The molecule has 42 heavy (non-hydrogen) atoms. The van der Waals surface area contributed by atoms with Crippen LogP contribution >= 0.6 is 0 Å². The van der Waals surface area contributed by atoms with Crippen LogP contribution in [0.3, 0.4) is 0 Å². The van der Waals surface area contributed by atoms with Crippen molar-refractivity contribution >= 4 is 23.4 Å². The molecule has 1 aromatic heterocycles. The Bertz CT molecular complexity index is 1580. The van der Waals surface area contributed by atoms with Crippen LogP contribution in [-0.2, 0) is 35.5 Å². The third-order valence-electron chi connectivity index (χ3n) is 8.42. The highest BCUT2D eigenvalue weighted by Crippen LogP contribution is 2.30. The van der Waals surface area contributed by atoms with Crippen LogP contribution in [-0.4, -0.2) is 64.7 Å². The number of nitrogens with one attached hydrogen (secondary N) is 1. The average molecular weight is 567 g/mol. The van der Waals surface area contributed by atoms with Crippen LogP contribution in [0.4, 0.5) is 10.1 Å². The summed E-state index contributed by atoms with van der Waals surface area (Å²) >= 11 is 0. The lowest BCUT2D eigenvalue weighted by Gasteiger charge is -2.36. The summed E-state index contributed by atoms with van der Waals surface area (Å²) in [5.74, 6) is -1.21. The summed E-state index contributed by atoms with van der Waals surface area (Å²) in [7, 11) is 0. The third kappa shape index (κ3) is 5.60. The Hall–Kier alpha value is -4.62. The van der Waals surface area contributed by atoms with E-state index in [0.717, 1.165) is 48.3 Å². The van der Waals surface area contributed by atoms with Gasteiger partial charge in [0.25, 0.3) is 5.91 Å². The summed E-state index contributed by atoms with van der Waals surface area (Å²) in [6.07, 6.45) is 4.01. The van der Waals surface area contributed by atoms with Gasteiger partial charge < -0.3 is 9.80 Å². The first-order valence-corrected chi connectivity index (χ1v) is 14.3. The molecule has 0 saturated carbocycles. The number of piperidine rings is 1. The van der Waals surface area contributed by atoms with Gasteiger partial charge in [-0.3, -0.25) is 29.6 Å². The zero-order valence-corrected chi connectivity index (χ0v) is 23.2. The lowest BCUT2D eigenvalue weighted by atomic mass is 9.98. The largest absolute Gasteiger partial charge is 0.367 e. The maximum atomic E-state index is 14.4. The molecule has 4 heterocycles. The van der Waals surface area contributed by atoms with Gasteiger partial charge in [-0.05, 0) is 66.3 Å². The molecule has 0 bridgehead atoms. The molecule has 2 aromatic carbocycles. The van der Waals surface area contributed by atoms with E-state index >= 15 is 0 Å². The quantitative estimate of drug-likeness (QED) is 0.438. The third-order valence-corrected chi connectivity index (χ3v) is 8.42. The first kappa shape index (κ1) is 27.5. The number of nitrogens with zero attached hydrogens (tertiary/aromatic N) is 5. The van der Waals surface area contributed by atoms with Crippen molar-refractivity contribution in [2.45, 2.75) is 44.8 Å². The number of anilines is 1. The molecule has 0 radical (unpaired) electrons. The molecule has 2 saturated heterocycles. The van der Waals surface area contributed by atoms with Gasteiger partial charge in [0.05, 0.1) is 23.0 Å². The molecular formula is C32H31FN6O3. The van der Waals surface area contributed by atoms with E-state index in [1.807, 2.05) is 41.4 Å². The predicted molar refractivity (Wildman–Crippen MR) is 153 cm³/mol. The number of fused-ring (bicyclic) bond motifs is 1. The number of nitriles is 1. The zero-order valence-electron chi connectivity index (χ0n) is 23.2. The van der Waals surface area contributed by atoms with E-state index in [0.29, 0.717) is 49.4 Å².